The summed E-state index contributed by atoms with van der Waals surface area (Å²) in [6, 6.07) is 0. The van der Waals surface area contributed by atoms with Gasteiger partial charge in [-0.25, -0.2) is 10.4 Å². The molecular weight excluding hydrogens is 262 g/mol. The van der Waals surface area contributed by atoms with Crippen LogP contribution in [0.2, 0.25) is 0 Å². The van der Waals surface area contributed by atoms with E-state index in [1.54, 1.807) is 18.4 Å². The summed E-state index contributed by atoms with van der Waals surface area (Å²) in [4.78, 5) is 9.95. The summed E-state index contributed by atoms with van der Waals surface area (Å²) in [7, 11) is 7.83. The molecule has 1 saturated heterocycles. The van der Waals surface area contributed by atoms with Crippen molar-refractivity contribution in [3.05, 3.63) is 4.88 Å². The van der Waals surface area contributed by atoms with Gasteiger partial charge in [-0.15, -0.1) is 0 Å². The van der Waals surface area contributed by atoms with E-state index in [2.05, 4.69) is 27.4 Å². The highest BCUT2D eigenvalue weighted by Gasteiger charge is 2.16. The van der Waals surface area contributed by atoms with Gasteiger partial charge in [0.15, 0.2) is 5.13 Å². The summed E-state index contributed by atoms with van der Waals surface area (Å²) in [6.45, 7) is 5.10. The molecule has 0 aliphatic carbocycles. The number of hydrogen-bond acceptors (Lipinski definition) is 7. The average Bonchev–Trinajstić information content (AvgIpc) is 2.81. The zero-order valence-corrected chi connectivity index (χ0v) is 13.0. The fourth-order valence-corrected chi connectivity index (χ4v) is 2.82. The Balaban J connectivity index is 1.91. The van der Waals surface area contributed by atoms with E-state index in [1.807, 2.05) is 19.0 Å². The second-order valence-corrected chi connectivity index (χ2v) is 6.01. The quantitative estimate of drug-likeness (QED) is 0.848. The molecule has 6 nitrogen and oxygen atoms in total. The Hall–Kier alpha value is -0.890. The van der Waals surface area contributed by atoms with Crippen LogP contribution in [0.1, 0.15) is 4.88 Å². The van der Waals surface area contributed by atoms with Crippen LogP contribution in [0.3, 0.4) is 0 Å². The predicted octanol–water partition coefficient (Wildman–Crippen LogP) is 0.470. The van der Waals surface area contributed by atoms with Crippen molar-refractivity contribution in [3.63, 3.8) is 0 Å². The average molecular weight is 285 g/mol. The number of thiazole rings is 1. The lowest BCUT2D eigenvalue weighted by Crippen LogP contribution is -2.50. The van der Waals surface area contributed by atoms with E-state index in [-0.39, 0.29) is 0 Å². The summed E-state index contributed by atoms with van der Waals surface area (Å²) in [6.07, 6.45) is 0. The van der Waals surface area contributed by atoms with Crippen molar-refractivity contribution in [3.8, 4) is 5.88 Å². The minimum Gasteiger partial charge on any atom is -0.480 e. The molecule has 1 N–H and O–H groups in total. The minimum atomic E-state index is 0.732. The normalized spacial score (nSPS) is 17.7. The van der Waals surface area contributed by atoms with Crippen LogP contribution < -0.4 is 15.1 Å². The molecule has 2 heterocycles. The SMILES string of the molecule is COc1nc(N(C)C)sc1CNN1CCN(C)CC1. The standard InChI is InChI=1S/C12H23N5OS/c1-15(2)12-14-11(18-4)10(19-12)9-13-17-7-5-16(3)6-8-17/h13H,5-9H2,1-4H3. The highest BCUT2D eigenvalue weighted by atomic mass is 32.1. The predicted molar refractivity (Wildman–Crippen MR) is 78.9 cm³/mol. The topological polar surface area (TPSA) is 43.9 Å². The number of likely N-dealkylation sites (N-methyl/N-ethyl adjacent to an activating group) is 1. The van der Waals surface area contributed by atoms with Crippen LogP contribution in [0.4, 0.5) is 5.13 Å². The van der Waals surface area contributed by atoms with E-state index >= 15 is 0 Å². The smallest absolute Gasteiger partial charge is 0.230 e. The molecule has 0 spiro atoms. The Morgan fingerprint density at radius 1 is 1.32 bits per heavy atom. The first kappa shape index (κ1) is 14.5. The van der Waals surface area contributed by atoms with Crippen molar-refractivity contribution in [1.82, 2.24) is 20.3 Å². The Bertz CT molecular complexity index is 401. The Kier molecular flexibility index (Phi) is 4.98. The van der Waals surface area contributed by atoms with Crippen molar-refractivity contribution in [2.45, 2.75) is 6.54 Å². The number of rotatable bonds is 5. The van der Waals surface area contributed by atoms with Gasteiger partial charge in [0.1, 0.15) is 0 Å². The van der Waals surface area contributed by atoms with Crippen LogP contribution in [0.25, 0.3) is 0 Å². The van der Waals surface area contributed by atoms with Crippen LogP contribution >= 0.6 is 11.3 Å². The summed E-state index contributed by atoms with van der Waals surface area (Å²) in [5, 5.41) is 3.25. The number of nitrogens with zero attached hydrogens (tertiary/aromatic N) is 4. The largest absolute Gasteiger partial charge is 0.480 e. The van der Waals surface area contributed by atoms with E-state index < -0.39 is 0 Å². The van der Waals surface area contributed by atoms with Crippen molar-refractivity contribution < 1.29 is 4.74 Å². The second-order valence-electron chi connectivity index (χ2n) is 4.95. The first-order valence-electron chi connectivity index (χ1n) is 6.48. The van der Waals surface area contributed by atoms with Crippen molar-refractivity contribution in [1.29, 1.82) is 0 Å². The Morgan fingerprint density at radius 3 is 2.58 bits per heavy atom. The number of hydrogen-bond donors (Lipinski definition) is 1. The van der Waals surface area contributed by atoms with Gasteiger partial charge in [-0.2, -0.15) is 4.98 Å². The van der Waals surface area contributed by atoms with E-state index in [0.29, 0.717) is 0 Å². The number of piperazine rings is 1. The van der Waals surface area contributed by atoms with Gasteiger partial charge < -0.3 is 14.5 Å². The molecule has 0 bridgehead atoms. The fourth-order valence-electron chi connectivity index (χ4n) is 1.94. The third-order valence-corrected chi connectivity index (χ3v) is 4.40. The van der Waals surface area contributed by atoms with E-state index in [9.17, 15) is 0 Å². The molecule has 0 unspecified atom stereocenters. The summed E-state index contributed by atoms with van der Waals surface area (Å²) in [5.41, 5.74) is 3.46. The molecule has 0 saturated carbocycles. The summed E-state index contributed by atoms with van der Waals surface area (Å²) in [5.74, 6) is 0.732. The maximum atomic E-state index is 5.34. The van der Waals surface area contributed by atoms with Crippen LogP contribution in [-0.2, 0) is 6.54 Å². The highest BCUT2D eigenvalue weighted by Crippen LogP contribution is 2.30. The lowest BCUT2D eigenvalue weighted by molar-refractivity contribution is 0.102. The van der Waals surface area contributed by atoms with Crippen LogP contribution in [-0.4, -0.2) is 69.3 Å². The lowest BCUT2D eigenvalue weighted by atomic mass is 10.4. The van der Waals surface area contributed by atoms with Gasteiger partial charge in [0, 0.05) is 40.3 Å². The molecule has 0 atom stereocenters. The molecule has 0 radical (unpaired) electrons. The maximum absolute atomic E-state index is 5.34. The van der Waals surface area contributed by atoms with Crippen LogP contribution in [0.15, 0.2) is 0 Å². The fraction of sp³-hybridized carbons (Fsp3) is 0.750. The zero-order valence-electron chi connectivity index (χ0n) is 12.1. The number of methoxy groups -OCH3 is 1. The van der Waals surface area contributed by atoms with Crippen molar-refractivity contribution >= 4 is 16.5 Å². The van der Waals surface area contributed by atoms with Gasteiger partial charge >= 0.3 is 0 Å². The number of nitrogens with one attached hydrogen (secondary N) is 1. The highest BCUT2D eigenvalue weighted by molar-refractivity contribution is 7.15. The van der Waals surface area contributed by atoms with Crippen molar-refractivity contribution in [2.24, 2.45) is 0 Å². The van der Waals surface area contributed by atoms with Crippen LogP contribution in [0, 0.1) is 0 Å². The molecule has 1 aliphatic heterocycles. The molecule has 19 heavy (non-hydrogen) atoms. The molecule has 0 aromatic carbocycles. The third-order valence-electron chi connectivity index (χ3n) is 3.19. The van der Waals surface area contributed by atoms with E-state index in [0.717, 1.165) is 48.6 Å². The maximum Gasteiger partial charge on any atom is 0.230 e. The molecule has 1 fully saturated rings. The number of anilines is 1. The lowest BCUT2D eigenvalue weighted by Gasteiger charge is -2.32. The molecule has 7 heteroatoms. The zero-order chi connectivity index (χ0) is 13.8. The first-order chi connectivity index (χ1) is 9.10. The Morgan fingerprint density at radius 2 is 2.00 bits per heavy atom. The van der Waals surface area contributed by atoms with Gasteiger partial charge in [0.2, 0.25) is 5.88 Å². The molecule has 1 aliphatic rings. The van der Waals surface area contributed by atoms with Gasteiger partial charge in [0.05, 0.1) is 18.5 Å². The number of ether oxygens (including phenoxy) is 1. The molecule has 1 aromatic rings. The summed E-state index contributed by atoms with van der Waals surface area (Å²) < 4.78 is 5.34. The molecule has 0 amide bonds. The molecule has 2 rings (SSSR count). The van der Waals surface area contributed by atoms with Crippen molar-refractivity contribution in [2.75, 3.05) is 59.3 Å². The van der Waals surface area contributed by atoms with E-state index in [4.69, 9.17) is 4.74 Å². The third kappa shape index (κ3) is 3.79. The monoisotopic (exact) mass is 285 g/mol. The first-order valence-corrected chi connectivity index (χ1v) is 7.30. The van der Waals surface area contributed by atoms with Gasteiger partial charge in [-0.1, -0.05) is 11.3 Å². The minimum absolute atomic E-state index is 0.732. The number of aromatic nitrogens is 1. The van der Waals surface area contributed by atoms with E-state index in [1.165, 1.54) is 0 Å². The Labute approximate surface area is 118 Å². The summed E-state index contributed by atoms with van der Waals surface area (Å²) >= 11 is 1.67. The van der Waals surface area contributed by atoms with Gasteiger partial charge in [0.25, 0.3) is 0 Å². The second kappa shape index (κ2) is 6.51. The molecular formula is C12H23N5OS. The van der Waals surface area contributed by atoms with Crippen LogP contribution in [0.5, 0.6) is 5.88 Å². The van der Waals surface area contributed by atoms with Gasteiger partial charge in [-0.05, 0) is 7.05 Å². The molecule has 1 aromatic heterocycles. The molecule has 108 valence electrons. The number of hydrazine groups is 1. The van der Waals surface area contributed by atoms with Gasteiger partial charge in [-0.3, -0.25) is 0 Å².